The maximum absolute atomic E-state index is 8.74. The zero-order valence-electron chi connectivity index (χ0n) is 5.84. The third-order valence-corrected chi connectivity index (χ3v) is 0. The molecule has 0 bridgehead atoms. The minimum absolute atomic E-state index is 0. The molecule has 0 aliphatic heterocycles. The molecule has 0 atom stereocenters. The van der Waals surface area contributed by atoms with Gasteiger partial charge in [0.1, 0.15) is 0 Å². The molecule has 0 aliphatic rings. The molecule has 95 valence electrons. The Balaban J connectivity index is -0.0000000522. The molecule has 0 rings (SSSR count). The van der Waals surface area contributed by atoms with Gasteiger partial charge in [0.25, 0.3) is 22.7 Å². The van der Waals surface area contributed by atoms with Gasteiger partial charge in [-0.3, -0.25) is 27.3 Å². The Morgan fingerprint density at radius 1 is 0.786 bits per heavy atom. The third-order valence-electron chi connectivity index (χ3n) is 0. The molecule has 0 saturated heterocycles. The van der Waals surface area contributed by atoms with Gasteiger partial charge in [0.2, 0.25) is 0 Å². The van der Waals surface area contributed by atoms with Gasteiger partial charge in [0.15, 0.2) is 0 Å². The van der Waals surface area contributed by atoms with Crippen LogP contribution in [0, 0.1) is 0 Å². The fourth-order valence-corrected chi connectivity index (χ4v) is 0. The Labute approximate surface area is 94.4 Å². The van der Waals surface area contributed by atoms with Gasteiger partial charge in [-0.1, -0.05) is 0 Å². The summed E-state index contributed by atoms with van der Waals surface area (Å²) in [6, 6.07) is 0. The fourth-order valence-electron chi connectivity index (χ4n) is 0. The molecule has 10 nitrogen and oxygen atoms in total. The first-order valence-corrected chi connectivity index (χ1v) is 5.29. The molecular formula is H6CuO10S3. The summed E-state index contributed by atoms with van der Waals surface area (Å²) in [5, 5.41) is 0. The first-order chi connectivity index (χ1) is 5.46. The molecule has 0 saturated carbocycles. The van der Waals surface area contributed by atoms with Gasteiger partial charge < -0.3 is 0 Å². The van der Waals surface area contributed by atoms with Gasteiger partial charge in [-0.2, -0.15) is 16.8 Å². The third kappa shape index (κ3) is 5940. The van der Waals surface area contributed by atoms with E-state index in [1.807, 2.05) is 0 Å². The largest absolute Gasteiger partial charge is 0.394 e. The van der Waals surface area contributed by atoms with Gasteiger partial charge in [-0.25, -0.2) is 0 Å². The second kappa shape index (κ2) is 13.5. The molecule has 0 unspecified atom stereocenters. The first kappa shape index (κ1) is 24.0. The zero-order chi connectivity index (χ0) is 11.7. The Bertz CT molecular complexity index is 210. The van der Waals surface area contributed by atoms with E-state index in [1.54, 1.807) is 0 Å². The quantitative estimate of drug-likeness (QED) is 0.177. The van der Waals surface area contributed by atoms with E-state index in [1.165, 1.54) is 0 Å². The average Bonchev–Trinajstić information content (AvgIpc) is 1.50. The molecule has 0 spiro atoms. The summed E-state index contributed by atoms with van der Waals surface area (Å²) in [7, 11) is -4.67. The molecule has 0 fully saturated rings. The van der Waals surface area contributed by atoms with E-state index < -0.39 is 33.1 Å². The Morgan fingerprint density at radius 3 is 0.786 bits per heavy atom. The predicted molar refractivity (Wildman–Crippen MR) is 41.0 cm³/mol. The van der Waals surface area contributed by atoms with Crippen molar-refractivity contribution in [2.75, 3.05) is 0 Å². The van der Waals surface area contributed by atoms with Crippen LogP contribution in [0.5, 0.6) is 0 Å². The van der Waals surface area contributed by atoms with Crippen LogP contribution in [0.25, 0.3) is 0 Å². The van der Waals surface area contributed by atoms with Crippen molar-refractivity contribution in [3.8, 4) is 0 Å². The van der Waals surface area contributed by atoms with Crippen LogP contribution in [-0.2, 0) is 50.2 Å². The van der Waals surface area contributed by atoms with Gasteiger partial charge in [0.05, 0.1) is 0 Å². The Kier molecular flexibility index (Phi) is 23.2. The normalized spacial score (nSPS) is 9.14. The molecule has 0 aromatic rings. The van der Waals surface area contributed by atoms with Crippen molar-refractivity contribution in [3.05, 3.63) is 0 Å². The van der Waals surface area contributed by atoms with E-state index in [9.17, 15) is 0 Å². The summed E-state index contributed by atoms with van der Waals surface area (Å²) in [5.41, 5.74) is 0. The first-order valence-electron chi connectivity index (χ1n) is 1.76. The van der Waals surface area contributed by atoms with Crippen molar-refractivity contribution in [1.29, 1.82) is 0 Å². The van der Waals surface area contributed by atoms with Gasteiger partial charge in [0, 0.05) is 17.1 Å². The molecule has 0 amide bonds. The van der Waals surface area contributed by atoms with E-state index in [4.69, 9.17) is 44.2 Å². The molecular weight excluding hydrogens is 320 g/mol. The van der Waals surface area contributed by atoms with Crippen molar-refractivity contribution in [3.63, 3.8) is 0 Å². The van der Waals surface area contributed by atoms with Gasteiger partial charge in [-0.05, 0) is 0 Å². The van der Waals surface area contributed by atoms with E-state index in [2.05, 4.69) is 0 Å². The smallest absolute Gasteiger partial charge is 0.284 e. The molecule has 6 N–H and O–H groups in total. The second-order valence-electron chi connectivity index (χ2n) is 0.909. The minimum Gasteiger partial charge on any atom is -0.284 e. The van der Waals surface area contributed by atoms with E-state index >= 15 is 0 Å². The molecule has 0 heterocycles. The van der Waals surface area contributed by atoms with Crippen molar-refractivity contribution in [1.82, 2.24) is 0 Å². The van der Waals surface area contributed by atoms with Gasteiger partial charge in [-0.15, -0.1) is 0 Å². The van der Waals surface area contributed by atoms with Crippen LogP contribution in [0.15, 0.2) is 0 Å². The topological polar surface area (TPSA) is 190 Å². The van der Waals surface area contributed by atoms with Crippen molar-refractivity contribution in [2.45, 2.75) is 0 Å². The standard InChI is InChI=1S/Cu.H2O4S.2H2O3S/c;1-5(2,3)4;2*1-4(2)3/h;(H2,1,2,3,4);2*(H2,1,2,3). The summed E-state index contributed by atoms with van der Waals surface area (Å²) in [6.07, 6.45) is 0. The van der Waals surface area contributed by atoms with E-state index in [0.717, 1.165) is 0 Å². The number of hydrogen-bond donors (Lipinski definition) is 6. The van der Waals surface area contributed by atoms with Crippen LogP contribution >= 0.6 is 0 Å². The van der Waals surface area contributed by atoms with E-state index in [0.29, 0.717) is 0 Å². The second-order valence-corrected chi connectivity index (χ2v) is 2.73. The predicted octanol–water partition coefficient (Wildman–Crippen LogP) is -1.29. The maximum Gasteiger partial charge on any atom is 0.394 e. The monoisotopic (exact) mass is 325 g/mol. The molecule has 1 radical (unpaired) electrons. The van der Waals surface area contributed by atoms with Crippen LogP contribution in [0.3, 0.4) is 0 Å². The molecule has 0 aromatic carbocycles. The Morgan fingerprint density at radius 2 is 0.786 bits per heavy atom. The fraction of sp³-hybridized carbons (Fsp3) is 0. The van der Waals surface area contributed by atoms with Gasteiger partial charge >= 0.3 is 10.4 Å². The van der Waals surface area contributed by atoms with Crippen molar-refractivity contribution < 1.29 is 61.2 Å². The van der Waals surface area contributed by atoms with E-state index in [-0.39, 0.29) is 17.1 Å². The summed E-state index contributed by atoms with van der Waals surface area (Å²) < 4.78 is 77.2. The molecule has 14 heteroatoms. The summed E-state index contributed by atoms with van der Waals surface area (Å²) in [6.45, 7) is 0. The van der Waals surface area contributed by atoms with Crippen LogP contribution in [0.1, 0.15) is 0 Å². The molecule has 0 aromatic heterocycles. The summed E-state index contributed by atoms with van der Waals surface area (Å²) >= 11 is -5.22. The van der Waals surface area contributed by atoms with Crippen LogP contribution in [0.2, 0.25) is 0 Å². The Hall–Kier alpha value is 0.529. The molecule has 0 aliphatic carbocycles. The minimum atomic E-state index is -4.67. The number of hydrogen-bond acceptors (Lipinski definition) is 4. The van der Waals surface area contributed by atoms with Crippen LogP contribution < -0.4 is 0 Å². The zero-order valence-corrected chi connectivity index (χ0v) is 9.23. The molecule has 14 heavy (non-hydrogen) atoms. The van der Waals surface area contributed by atoms with Crippen molar-refractivity contribution in [2.24, 2.45) is 0 Å². The number of rotatable bonds is 0. The summed E-state index contributed by atoms with van der Waals surface area (Å²) in [5.74, 6) is 0. The maximum atomic E-state index is 8.74. The van der Waals surface area contributed by atoms with Crippen molar-refractivity contribution >= 4 is 33.1 Å². The summed E-state index contributed by atoms with van der Waals surface area (Å²) in [4.78, 5) is 0. The van der Waals surface area contributed by atoms with Crippen LogP contribution in [0.4, 0.5) is 0 Å². The SMILES string of the molecule is O=S(=O)(O)O.O=S(O)O.O=S(O)O.[Cu]. The average molecular weight is 326 g/mol. The van der Waals surface area contributed by atoms with Crippen LogP contribution in [-0.4, -0.2) is 44.2 Å².